The Labute approximate surface area is 156 Å². The van der Waals surface area contributed by atoms with Gasteiger partial charge in [-0.25, -0.2) is 21.6 Å². The molecule has 1 aliphatic heterocycles. The van der Waals surface area contributed by atoms with Crippen LogP contribution in [0.25, 0.3) is 0 Å². The molecule has 0 aromatic heterocycles. The Morgan fingerprint density at radius 3 is 2.08 bits per heavy atom. The Morgan fingerprint density at radius 1 is 1.08 bits per heavy atom. The van der Waals surface area contributed by atoms with Gasteiger partial charge in [0.2, 0.25) is 20.0 Å². The molecule has 1 saturated heterocycles. The third-order valence-corrected chi connectivity index (χ3v) is 7.57. The highest BCUT2D eigenvalue weighted by atomic mass is 35.5. The van der Waals surface area contributed by atoms with E-state index in [4.69, 9.17) is 0 Å². The summed E-state index contributed by atoms with van der Waals surface area (Å²) in [7, 11) is -5.90. The van der Waals surface area contributed by atoms with Crippen LogP contribution in [0.15, 0.2) is 34.1 Å². The van der Waals surface area contributed by atoms with Gasteiger partial charge < -0.3 is 5.32 Å². The zero-order valence-corrected chi connectivity index (χ0v) is 16.9. The Bertz CT molecular complexity index is 745. The molecule has 1 aliphatic rings. The summed E-state index contributed by atoms with van der Waals surface area (Å²) in [4.78, 5) is 0.178. The normalized spacial score (nSPS) is 16.6. The molecule has 2 N–H and O–H groups in total. The lowest BCUT2D eigenvalue weighted by Crippen LogP contribution is -2.46. The van der Waals surface area contributed by atoms with Crippen molar-refractivity contribution < 1.29 is 16.8 Å². The fourth-order valence-corrected chi connectivity index (χ4v) is 5.37. The molecule has 1 heterocycles. The number of benzene rings is 1. The molecule has 144 valence electrons. The molecule has 0 bridgehead atoms. The second-order valence-electron chi connectivity index (χ2n) is 5.78. The van der Waals surface area contributed by atoms with E-state index in [1.807, 2.05) is 6.92 Å². The van der Waals surface area contributed by atoms with Gasteiger partial charge in [0, 0.05) is 12.6 Å². The number of nitrogens with one attached hydrogen (secondary N) is 2. The minimum Gasteiger partial charge on any atom is -0.317 e. The van der Waals surface area contributed by atoms with Gasteiger partial charge in [0.05, 0.1) is 9.79 Å². The molecule has 0 spiro atoms. The lowest BCUT2D eigenvalue weighted by Gasteiger charge is -2.33. The highest BCUT2D eigenvalue weighted by Crippen LogP contribution is 2.24. The number of hydrogen-bond acceptors (Lipinski definition) is 5. The van der Waals surface area contributed by atoms with Gasteiger partial charge >= 0.3 is 0 Å². The van der Waals surface area contributed by atoms with E-state index in [2.05, 4.69) is 10.0 Å². The van der Waals surface area contributed by atoms with Gasteiger partial charge in [0.1, 0.15) is 0 Å². The minimum absolute atomic E-state index is 0. The maximum absolute atomic E-state index is 13.0. The molecule has 0 saturated carbocycles. The van der Waals surface area contributed by atoms with Crippen LogP contribution in [0.1, 0.15) is 26.2 Å². The molecular weight excluding hydrogens is 386 g/mol. The molecule has 0 radical (unpaired) electrons. The van der Waals surface area contributed by atoms with Crippen molar-refractivity contribution in [2.24, 2.45) is 0 Å². The number of rotatable bonds is 7. The molecule has 7 nitrogen and oxygen atoms in total. The van der Waals surface area contributed by atoms with Crippen LogP contribution < -0.4 is 10.0 Å². The second-order valence-corrected chi connectivity index (χ2v) is 9.55. The Hall–Kier alpha value is -0.710. The fourth-order valence-electron chi connectivity index (χ4n) is 2.86. The van der Waals surface area contributed by atoms with Gasteiger partial charge in [0.15, 0.2) is 0 Å². The predicted octanol–water partition coefficient (Wildman–Crippen LogP) is 1.17. The molecule has 0 atom stereocenters. The van der Waals surface area contributed by atoms with Crippen LogP contribution in [0, 0.1) is 0 Å². The molecule has 1 aromatic carbocycles. The average molecular weight is 412 g/mol. The molecule has 1 aromatic rings. The summed E-state index contributed by atoms with van der Waals surface area (Å²) in [6.07, 6.45) is 2.30. The molecule has 0 unspecified atom stereocenters. The lowest BCUT2D eigenvalue weighted by atomic mass is 10.1. The standard InChI is InChI=1S/C15H25N3O4S2.ClH/c1-3-12-18(13-8-10-17-11-9-13)24(21,22)15-6-4-14(5-7-15)23(19,20)16-2;/h4-7,13,16-17H,3,8-12H2,1-2H3;1H. The summed E-state index contributed by atoms with van der Waals surface area (Å²) in [5, 5.41) is 3.24. The van der Waals surface area contributed by atoms with E-state index in [-0.39, 0.29) is 28.2 Å². The van der Waals surface area contributed by atoms with E-state index in [1.54, 1.807) is 4.31 Å². The van der Waals surface area contributed by atoms with E-state index in [0.29, 0.717) is 6.54 Å². The molecular formula is C15H26ClN3O4S2. The SMILES string of the molecule is CCCN(C1CCNCC1)S(=O)(=O)c1ccc(S(=O)(=O)NC)cc1.Cl. The Kier molecular flexibility index (Phi) is 8.30. The first-order valence-electron chi connectivity index (χ1n) is 8.09. The topological polar surface area (TPSA) is 95.6 Å². The summed E-state index contributed by atoms with van der Waals surface area (Å²) in [5.74, 6) is 0. The van der Waals surface area contributed by atoms with Crippen LogP contribution in [0.5, 0.6) is 0 Å². The average Bonchev–Trinajstić information content (AvgIpc) is 2.60. The summed E-state index contributed by atoms with van der Waals surface area (Å²) in [6.45, 7) is 4.02. The third-order valence-electron chi connectivity index (χ3n) is 4.17. The van der Waals surface area contributed by atoms with Crippen LogP contribution >= 0.6 is 12.4 Å². The summed E-state index contributed by atoms with van der Waals surface area (Å²) in [6, 6.07) is 5.36. The van der Waals surface area contributed by atoms with Crippen molar-refractivity contribution >= 4 is 32.5 Å². The van der Waals surface area contributed by atoms with Crippen LogP contribution in [0.4, 0.5) is 0 Å². The smallest absolute Gasteiger partial charge is 0.243 e. The van der Waals surface area contributed by atoms with Crippen LogP contribution in [0.2, 0.25) is 0 Å². The molecule has 0 aliphatic carbocycles. The van der Waals surface area contributed by atoms with Gasteiger partial charge in [-0.1, -0.05) is 6.92 Å². The van der Waals surface area contributed by atoms with E-state index in [0.717, 1.165) is 32.4 Å². The zero-order valence-electron chi connectivity index (χ0n) is 14.4. The first-order valence-corrected chi connectivity index (χ1v) is 11.0. The predicted molar refractivity (Wildman–Crippen MR) is 100 cm³/mol. The maximum Gasteiger partial charge on any atom is 0.243 e. The molecule has 25 heavy (non-hydrogen) atoms. The van der Waals surface area contributed by atoms with Crippen LogP contribution in [0.3, 0.4) is 0 Å². The van der Waals surface area contributed by atoms with Crippen molar-refractivity contribution in [1.29, 1.82) is 0 Å². The van der Waals surface area contributed by atoms with Gasteiger partial charge in [-0.05, 0) is 63.7 Å². The van der Waals surface area contributed by atoms with Crippen molar-refractivity contribution in [2.75, 3.05) is 26.7 Å². The first-order chi connectivity index (χ1) is 11.3. The number of sulfonamides is 2. The molecule has 0 amide bonds. The number of nitrogens with zero attached hydrogens (tertiary/aromatic N) is 1. The first kappa shape index (κ1) is 22.3. The fraction of sp³-hybridized carbons (Fsp3) is 0.600. The quantitative estimate of drug-likeness (QED) is 0.702. The second kappa shape index (κ2) is 9.29. The van der Waals surface area contributed by atoms with Crippen molar-refractivity contribution in [2.45, 2.75) is 42.0 Å². The van der Waals surface area contributed by atoms with Crippen LogP contribution in [-0.2, 0) is 20.0 Å². The Balaban J connectivity index is 0.00000312. The number of halogens is 1. The van der Waals surface area contributed by atoms with Gasteiger partial charge in [-0.2, -0.15) is 4.31 Å². The molecule has 10 heteroatoms. The van der Waals surface area contributed by atoms with E-state index >= 15 is 0 Å². The minimum atomic E-state index is -3.64. The van der Waals surface area contributed by atoms with E-state index in [1.165, 1.54) is 31.3 Å². The van der Waals surface area contributed by atoms with Crippen LogP contribution in [-0.4, -0.2) is 53.9 Å². The summed E-state index contributed by atoms with van der Waals surface area (Å²) in [5.41, 5.74) is 0. The van der Waals surface area contributed by atoms with Crippen molar-refractivity contribution in [3.63, 3.8) is 0 Å². The van der Waals surface area contributed by atoms with E-state index < -0.39 is 20.0 Å². The van der Waals surface area contributed by atoms with Crippen molar-refractivity contribution in [1.82, 2.24) is 14.3 Å². The third kappa shape index (κ3) is 5.15. The van der Waals surface area contributed by atoms with Crippen molar-refractivity contribution in [3.8, 4) is 0 Å². The van der Waals surface area contributed by atoms with Gasteiger partial charge in [-0.15, -0.1) is 12.4 Å². The molecule has 2 rings (SSSR count). The van der Waals surface area contributed by atoms with Crippen molar-refractivity contribution in [3.05, 3.63) is 24.3 Å². The molecule has 1 fully saturated rings. The highest BCUT2D eigenvalue weighted by molar-refractivity contribution is 7.89. The van der Waals surface area contributed by atoms with E-state index in [9.17, 15) is 16.8 Å². The lowest BCUT2D eigenvalue weighted by molar-refractivity contribution is 0.262. The number of piperidine rings is 1. The largest absolute Gasteiger partial charge is 0.317 e. The highest BCUT2D eigenvalue weighted by Gasteiger charge is 2.31. The number of hydrogen-bond donors (Lipinski definition) is 2. The van der Waals surface area contributed by atoms with Gasteiger partial charge in [0.25, 0.3) is 0 Å². The summed E-state index contributed by atoms with van der Waals surface area (Å²) >= 11 is 0. The Morgan fingerprint density at radius 2 is 1.60 bits per heavy atom. The monoisotopic (exact) mass is 411 g/mol. The zero-order chi connectivity index (χ0) is 17.8. The summed E-state index contributed by atoms with van der Waals surface area (Å²) < 4.78 is 53.3. The van der Waals surface area contributed by atoms with Gasteiger partial charge in [-0.3, -0.25) is 0 Å². The maximum atomic E-state index is 13.0.